The van der Waals surface area contributed by atoms with E-state index >= 15 is 0 Å². The van der Waals surface area contributed by atoms with Crippen LogP contribution in [0.2, 0.25) is 0 Å². The molecule has 5 nitrogen and oxygen atoms in total. The topological polar surface area (TPSA) is 66.9 Å². The van der Waals surface area contributed by atoms with Crippen molar-refractivity contribution in [3.05, 3.63) is 41.7 Å². The van der Waals surface area contributed by atoms with Crippen molar-refractivity contribution in [2.45, 2.75) is 11.8 Å². The highest BCUT2D eigenvalue weighted by molar-refractivity contribution is 7.80. The second-order valence-electron chi connectivity index (χ2n) is 4.04. The van der Waals surface area contributed by atoms with Gasteiger partial charge in [0, 0.05) is 5.56 Å². The molecule has 0 N–H and O–H groups in total. The number of aryl methyl sites for hydroxylation is 1. The van der Waals surface area contributed by atoms with Crippen molar-refractivity contribution in [3.8, 4) is 17.3 Å². The Balaban J connectivity index is 2.33. The summed E-state index contributed by atoms with van der Waals surface area (Å²) in [6.07, 6.45) is 0. The molecular weight excluding hydrogens is 258 g/mol. The number of benzene rings is 1. The van der Waals surface area contributed by atoms with Crippen LogP contribution in [0.4, 0.5) is 0 Å². The molecule has 0 aliphatic heterocycles. The predicted molar refractivity (Wildman–Crippen MR) is 72.9 cm³/mol. The Morgan fingerprint density at radius 1 is 1.21 bits per heavy atom. The lowest BCUT2D eigenvalue weighted by molar-refractivity contribution is 0.839. The summed E-state index contributed by atoms with van der Waals surface area (Å²) in [7, 11) is 0. The lowest BCUT2D eigenvalue weighted by Gasteiger charge is -1.97. The molecule has 0 saturated carbocycles. The zero-order chi connectivity index (χ0) is 13.4. The molecule has 2 aromatic heterocycles. The van der Waals surface area contributed by atoms with Crippen molar-refractivity contribution in [3.63, 3.8) is 0 Å². The highest BCUT2D eigenvalue weighted by Gasteiger charge is 2.16. The molecule has 0 aliphatic carbocycles. The Kier molecular flexibility index (Phi) is 2.69. The van der Waals surface area contributed by atoms with E-state index < -0.39 is 0 Å². The van der Waals surface area contributed by atoms with E-state index in [0.29, 0.717) is 16.2 Å². The van der Waals surface area contributed by atoms with E-state index in [9.17, 15) is 0 Å². The van der Waals surface area contributed by atoms with Gasteiger partial charge in [0.05, 0.1) is 10.6 Å². The molecule has 3 rings (SSSR count). The van der Waals surface area contributed by atoms with Gasteiger partial charge in [-0.1, -0.05) is 30.3 Å². The van der Waals surface area contributed by atoms with Gasteiger partial charge in [-0.2, -0.15) is 10.4 Å². The zero-order valence-electron chi connectivity index (χ0n) is 10.1. The number of fused-ring (bicyclic) bond motifs is 1. The van der Waals surface area contributed by atoms with Crippen molar-refractivity contribution >= 4 is 18.3 Å². The van der Waals surface area contributed by atoms with E-state index in [1.165, 1.54) is 0 Å². The molecule has 0 amide bonds. The van der Waals surface area contributed by atoms with Crippen molar-refractivity contribution in [2.75, 3.05) is 0 Å². The fourth-order valence-electron chi connectivity index (χ4n) is 1.89. The molecule has 92 valence electrons. The predicted octanol–water partition coefficient (Wildman–Crippen LogP) is 2.26. The van der Waals surface area contributed by atoms with Crippen molar-refractivity contribution in [2.24, 2.45) is 0 Å². The van der Waals surface area contributed by atoms with Gasteiger partial charge < -0.3 is 0 Å². The number of hydrogen-bond donors (Lipinski definition) is 1. The molecule has 0 fully saturated rings. The molecule has 0 atom stereocenters. The first-order chi connectivity index (χ1) is 9.22. The van der Waals surface area contributed by atoms with Gasteiger partial charge in [-0.25, -0.2) is 4.52 Å². The molecule has 1 aromatic carbocycles. The van der Waals surface area contributed by atoms with Crippen molar-refractivity contribution in [1.29, 1.82) is 5.26 Å². The first-order valence-corrected chi connectivity index (χ1v) is 6.07. The molecule has 0 spiro atoms. The molecule has 0 aliphatic rings. The number of nitrogens with zero attached hydrogens (tertiary/aromatic N) is 5. The third-order valence-corrected chi connectivity index (χ3v) is 3.31. The molecule has 19 heavy (non-hydrogen) atoms. The molecular formula is C13H9N5S. The van der Waals surface area contributed by atoms with Gasteiger partial charge in [-0.05, 0) is 6.92 Å². The van der Waals surface area contributed by atoms with Crippen molar-refractivity contribution < 1.29 is 0 Å². The van der Waals surface area contributed by atoms with Crippen LogP contribution < -0.4 is 0 Å². The second-order valence-corrected chi connectivity index (χ2v) is 4.49. The zero-order valence-corrected chi connectivity index (χ0v) is 11.0. The normalized spacial score (nSPS) is 10.6. The van der Waals surface area contributed by atoms with Crippen molar-refractivity contribution in [1.82, 2.24) is 19.8 Å². The summed E-state index contributed by atoms with van der Waals surface area (Å²) in [5, 5.41) is 21.3. The largest absolute Gasteiger partial charge is 0.213 e. The minimum absolute atomic E-state index is 0.267. The summed E-state index contributed by atoms with van der Waals surface area (Å²) in [4.78, 5) is 0.659. The first kappa shape index (κ1) is 11.7. The van der Waals surface area contributed by atoms with Gasteiger partial charge in [0.1, 0.15) is 11.8 Å². The lowest BCUT2D eigenvalue weighted by atomic mass is 10.1. The van der Waals surface area contributed by atoms with Crippen LogP contribution in [0.3, 0.4) is 0 Å². The molecule has 0 bridgehead atoms. The summed E-state index contributed by atoms with van der Waals surface area (Å²) < 4.78 is 1.61. The summed E-state index contributed by atoms with van der Waals surface area (Å²) >= 11 is 4.47. The average Bonchev–Trinajstić information content (AvgIpc) is 2.79. The Hall–Kier alpha value is -2.39. The fraction of sp³-hybridized carbons (Fsp3) is 0.0769. The second kappa shape index (κ2) is 4.37. The maximum absolute atomic E-state index is 8.96. The SMILES string of the molecule is Cc1c(C#N)nnc2c(S)c(-c3ccccc3)nn12. The van der Waals surface area contributed by atoms with Gasteiger partial charge >= 0.3 is 0 Å². The standard InChI is InChI=1S/C13H9N5S/c1-8-10(7-14)15-16-13-12(19)11(17-18(8)13)9-5-3-2-4-6-9/h2-6,19H,1H3. The van der Waals surface area contributed by atoms with Crippen LogP contribution in [0.25, 0.3) is 16.9 Å². The quantitative estimate of drug-likeness (QED) is 0.687. The minimum atomic E-state index is 0.267. The fourth-order valence-corrected chi connectivity index (χ4v) is 2.20. The summed E-state index contributed by atoms with van der Waals surface area (Å²) in [6, 6.07) is 11.7. The number of thiol groups is 1. The Labute approximate surface area is 114 Å². The number of hydrogen-bond acceptors (Lipinski definition) is 5. The summed E-state index contributed by atoms with van der Waals surface area (Å²) in [5.74, 6) is 0. The smallest absolute Gasteiger partial charge is 0.191 e. The van der Waals surface area contributed by atoms with E-state index in [1.54, 1.807) is 11.4 Å². The monoisotopic (exact) mass is 267 g/mol. The molecule has 0 saturated heterocycles. The maximum atomic E-state index is 8.96. The van der Waals surface area contributed by atoms with E-state index in [0.717, 1.165) is 11.3 Å². The van der Waals surface area contributed by atoms with Crippen LogP contribution in [-0.4, -0.2) is 19.8 Å². The highest BCUT2D eigenvalue weighted by atomic mass is 32.1. The third kappa shape index (κ3) is 1.75. The van der Waals surface area contributed by atoms with Crippen LogP contribution in [0, 0.1) is 18.3 Å². The Morgan fingerprint density at radius 2 is 1.95 bits per heavy atom. The van der Waals surface area contributed by atoms with E-state index in [2.05, 4.69) is 27.9 Å². The summed E-state index contributed by atoms with van der Waals surface area (Å²) in [6.45, 7) is 1.79. The first-order valence-electron chi connectivity index (χ1n) is 5.63. The number of rotatable bonds is 1. The van der Waals surface area contributed by atoms with Gasteiger partial charge in [0.2, 0.25) is 0 Å². The maximum Gasteiger partial charge on any atom is 0.191 e. The number of aromatic nitrogens is 4. The molecule has 6 heteroatoms. The minimum Gasteiger partial charge on any atom is -0.213 e. The van der Waals surface area contributed by atoms with Crippen LogP contribution in [0.15, 0.2) is 35.2 Å². The van der Waals surface area contributed by atoms with E-state index in [4.69, 9.17) is 5.26 Å². The number of nitriles is 1. The summed E-state index contributed by atoms with van der Waals surface area (Å²) in [5.41, 5.74) is 3.17. The molecule has 2 heterocycles. The van der Waals surface area contributed by atoms with Gasteiger partial charge in [0.15, 0.2) is 11.3 Å². The van der Waals surface area contributed by atoms with Crippen LogP contribution >= 0.6 is 12.6 Å². The lowest BCUT2D eigenvalue weighted by Crippen LogP contribution is -2.02. The van der Waals surface area contributed by atoms with Gasteiger partial charge in [-0.3, -0.25) is 0 Å². The van der Waals surface area contributed by atoms with E-state index in [-0.39, 0.29) is 5.69 Å². The third-order valence-electron chi connectivity index (χ3n) is 2.89. The average molecular weight is 267 g/mol. The van der Waals surface area contributed by atoms with Crippen LogP contribution in [-0.2, 0) is 0 Å². The van der Waals surface area contributed by atoms with Crippen LogP contribution in [0.1, 0.15) is 11.4 Å². The highest BCUT2D eigenvalue weighted by Crippen LogP contribution is 2.28. The molecule has 0 unspecified atom stereocenters. The Morgan fingerprint density at radius 3 is 2.63 bits per heavy atom. The Bertz CT molecular complexity index is 801. The van der Waals surface area contributed by atoms with Gasteiger partial charge in [-0.15, -0.1) is 22.8 Å². The molecule has 0 radical (unpaired) electrons. The van der Waals surface area contributed by atoms with Crippen LogP contribution in [0.5, 0.6) is 0 Å². The molecule has 3 aromatic rings. The van der Waals surface area contributed by atoms with Gasteiger partial charge in [0.25, 0.3) is 0 Å². The van der Waals surface area contributed by atoms with E-state index in [1.807, 2.05) is 36.4 Å².